The lowest BCUT2D eigenvalue weighted by Gasteiger charge is -2.26. The van der Waals surface area contributed by atoms with Crippen LogP contribution in [0.1, 0.15) is 38.9 Å². The van der Waals surface area contributed by atoms with Gasteiger partial charge in [0.25, 0.3) is 0 Å². The van der Waals surface area contributed by atoms with Crippen LogP contribution in [-0.4, -0.2) is 0 Å². The van der Waals surface area contributed by atoms with Crippen molar-refractivity contribution in [3.63, 3.8) is 0 Å². The van der Waals surface area contributed by atoms with Crippen molar-refractivity contribution in [1.82, 2.24) is 0 Å². The Bertz CT molecular complexity index is 3110. The molecule has 0 N–H and O–H groups in total. The van der Waals surface area contributed by atoms with E-state index in [0.717, 1.165) is 56.4 Å². The van der Waals surface area contributed by atoms with Crippen molar-refractivity contribution < 1.29 is 0 Å². The molecule has 10 rings (SSSR count). The van der Waals surface area contributed by atoms with Gasteiger partial charge in [0.05, 0.1) is 0 Å². The van der Waals surface area contributed by atoms with E-state index in [1.807, 2.05) is 0 Å². The second-order valence-corrected chi connectivity index (χ2v) is 16.7. The summed E-state index contributed by atoms with van der Waals surface area (Å²) in [5, 5.41) is 0. The first-order valence-electron chi connectivity index (χ1n) is 22.9. The molecule has 0 radical (unpaired) electrons. The fourth-order valence-corrected chi connectivity index (χ4v) is 8.68. The summed E-state index contributed by atoms with van der Waals surface area (Å²) >= 11 is 0. The number of para-hydroxylation sites is 1. The normalized spacial score (nSPS) is 10.8. The maximum absolute atomic E-state index is 2.33. The summed E-state index contributed by atoms with van der Waals surface area (Å²) in [6.45, 7) is 2.13. The first-order valence-corrected chi connectivity index (χ1v) is 22.9. The van der Waals surface area contributed by atoms with Crippen LogP contribution in [0, 0.1) is 6.92 Å². The molecule has 0 spiro atoms. The van der Waals surface area contributed by atoms with Crippen LogP contribution in [0.25, 0.3) is 34.4 Å². The highest BCUT2D eigenvalue weighted by Crippen LogP contribution is 2.39. The molecule has 0 aromatic heterocycles. The monoisotopic (exact) mass is 858 g/mol. The summed E-state index contributed by atoms with van der Waals surface area (Å²) in [7, 11) is 0. The minimum atomic E-state index is 1.09. The highest BCUT2D eigenvalue weighted by atomic mass is 15.1. The maximum atomic E-state index is 2.33. The summed E-state index contributed by atoms with van der Waals surface area (Å²) in [6.07, 6.45) is 4.57. The Morgan fingerprint density at radius 3 is 0.791 bits per heavy atom. The molecule has 2 nitrogen and oxygen atoms in total. The average molecular weight is 859 g/mol. The SMILES string of the molecule is Cc1ccc(N(c2ccc(C=C(c3ccccc3)c3ccccc3)cc2)c2ccc(-c3ccc(N(c4ccccc4)c4ccc(C=C(c5ccccc5)c5ccccc5)cc4)cc3)cc2)cc1. The standard InChI is InChI=1S/C65H50N2/c1-49-27-37-59(38-28-49)67(61-41-31-51(32-42-61)48-65(56-21-11-4-12-22-56)57-23-13-5-14-24-57)63-45-35-53(36-46-63)52-33-43-62(44-34-52)66(58-25-15-6-16-26-58)60-39-29-50(30-40-60)47-64(54-17-7-2-8-18-54)55-19-9-3-10-20-55/h2-48H,1H3. The van der Waals surface area contributed by atoms with E-state index in [1.165, 1.54) is 39.0 Å². The summed E-state index contributed by atoms with van der Waals surface area (Å²) in [5.74, 6) is 0. The molecule has 0 unspecified atom stereocenters. The van der Waals surface area contributed by atoms with Gasteiger partial charge in [-0.3, -0.25) is 0 Å². The molecular formula is C65H50N2. The predicted octanol–water partition coefficient (Wildman–Crippen LogP) is 17.8. The molecule has 0 aliphatic heterocycles. The smallest absolute Gasteiger partial charge is 0.0462 e. The van der Waals surface area contributed by atoms with E-state index in [9.17, 15) is 0 Å². The highest BCUT2D eigenvalue weighted by molar-refractivity contribution is 5.93. The van der Waals surface area contributed by atoms with Crippen LogP contribution in [0.2, 0.25) is 0 Å². The molecule has 0 aliphatic carbocycles. The summed E-state index contributed by atoms with van der Waals surface area (Å²) in [4.78, 5) is 4.65. The van der Waals surface area contributed by atoms with Gasteiger partial charge in [-0.1, -0.05) is 206 Å². The fraction of sp³-hybridized carbons (Fsp3) is 0.0154. The third-order valence-corrected chi connectivity index (χ3v) is 12.2. The first kappa shape index (κ1) is 42.2. The fourth-order valence-electron chi connectivity index (χ4n) is 8.68. The number of benzene rings is 10. The van der Waals surface area contributed by atoms with Crippen molar-refractivity contribution in [1.29, 1.82) is 0 Å². The molecule has 320 valence electrons. The van der Waals surface area contributed by atoms with Gasteiger partial charge >= 0.3 is 0 Å². The van der Waals surface area contributed by atoms with E-state index in [2.05, 4.69) is 302 Å². The third-order valence-electron chi connectivity index (χ3n) is 12.2. The Labute approximate surface area is 395 Å². The van der Waals surface area contributed by atoms with Crippen LogP contribution in [0.3, 0.4) is 0 Å². The van der Waals surface area contributed by atoms with Gasteiger partial charge in [-0.05, 0) is 148 Å². The lowest BCUT2D eigenvalue weighted by molar-refractivity contribution is 1.27. The van der Waals surface area contributed by atoms with Crippen molar-refractivity contribution in [3.05, 3.63) is 312 Å². The number of rotatable bonds is 13. The van der Waals surface area contributed by atoms with E-state index in [-0.39, 0.29) is 0 Å². The molecule has 0 heterocycles. The molecule has 0 saturated heterocycles. The van der Waals surface area contributed by atoms with Gasteiger partial charge in [0.2, 0.25) is 0 Å². The van der Waals surface area contributed by atoms with Crippen LogP contribution in [0.5, 0.6) is 0 Å². The van der Waals surface area contributed by atoms with Crippen molar-refractivity contribution in [3.8, 4) is 11.1 Å². The maximum Gasteiger partial charge on any atom is 0.0462 e. The number of anilines is 6. The van der Waals surface area contributed by atoms with Gasteiger partial charge in [-0.25, -0.2) is 0 Å². The molecule has 0 aliphatic rings. The quantitative estimate of drug-likeness (QED) is 0.107. The minimum absolute atomic E-state index is 1.09. The first-order chi connectivity index (χ1) is 33.1. The number of nitrogens with zero attached hydrogens (tertiary/aromatic N) is 2. The molecule has 10 aromatic carbocycles. The van der Waals surface area contributed by atoms with Crippen molar-refractivity contribution in [2.75, 3.05) is 9.80 Å². The second kappa shape index (κ2) is 20.0. The van der Waals surface area contributed by atoms with Crippen molar-refractivity contribution in [2.24, 2.45) is 0 Å². The van der Waals surface area contributed by atoms with E-state index >= 15 is 0 Å². The van der Waals surface area contributed by atoms with Crippen LogP contribution >= 0.6 is 0 Å². The largest absolute Gasteiger partial charge is 0.311 e. The Morgan fingerprint density at radius 1 is 0.254 bits per heavy atom. The van der Waals surface area contributed by atoms with Crippen LogP contribution in [0.15, 0.2) is 273 Å². The van der Waals surface area contributed by atoms with E-state index in [4.69, 9.17) is 0 Å². The van der Waals surface area contributed by atoms with Crippen molar-refractivity contribution >= 4 is 57.4 Å². The Morgan fingerprint density at radius 2 is 0.493 bits per heavy atom. The Hall–Kier alpha value is -8.72. The molecule has 0 fully saturated rings. The van der Waals surface area contributed by atoms with Gasteiger partial charge in [-0.15, -0.1) is 0 Å². The topological polar surface area (TPSA) is 6.48 Å². The van der Waals surface area contributed by atoms with Gasteiger partial charge in [0, 0.05) is 34.1 Å². The Kier molecular flexibility index (Phi) is 12.6. The lowest BCUT2D eigenvalue weighted by atomic mass is 9.95. The third kappa shape index (κ3) is 9.85. The van der Waals surface area contributed by atoms with Crippen LogP contribution < -0.4 is 9.80 Å². The van der Waals surface area contributed by atoms with Crippen molar-refractivity contribution in [2.45, 2.75) is 6.92 Å². The average Bonchev–Trinajstić information content (AvgIpc) is 3.40. The summed E-state index contributed by atoms with van der Waals surface area (Å²) in [5.41, 5.74) is 19.6. The summed E-state index contributed by atoms with van der Waals surface area (Å²) < 4.78 is 0. The molecule has 0 atom stereocenters. The van der Waals surface area contributed by atoms with Gasteiger partial charge in [-0.2, -0.15) is 0 Å². The number of aryl methyl sites for hydroxylation is 1. The highest BCUT2D eigenvalue weighted by Gasteiger charge is 2.16. The summed E-state index contributed by atoms with van der Waals surface area (Å²) in [6, 6.07) is 97.4. The molecule has 0 amide bonds. The van der Waals surface area contributed by atoms with Gasteiger partial charge in [0.1, 0.15) is 0 Å². The van der Waals surface area contributed by atoms with E-state index in [1.54, 1.807) is 0 Å². The predicted molar refractivity (Wildman–Crippen MR) is 286 cm³/mol. The molecule has 10 aromatic rings. The molecule has 0 bridgehead atoms. The second-order valence-electron chi connectivity index (χ2n) is 16.7. The Balaban J connectivity index is 0.926. The zero-order valence-corrected chi connectivity index (χ0v) is 37.5. The van der Waals surface area contributed by atoms with E-state index in [0.29, 0.717) is 0 Å². The molecule has 2 heteroatoms. The lowest BCUT2D eigenvalue weighted by Crippen LogP contribution is -2.10. The zero-order chi connectivity index (χ0) is 45.2. The number of hydrogen-bond acceptors (Lipinski definition) is 2. The zero-order valence-electron chi connectivity index (χ0n) is 37.5. The van der Waals surface area contributed by atoms with Crippen LogP contribution in [0.4, 0.5) is 34.1 Å². The molecule has 0 saturated carbocycles. The minimum Gasteiger partial charge on any atom is -0.311 e. The molecular weight excluding hydrogens is 809 g/mol. The van der Waals surface area contributed by atoms with Gasteiger partial charge < -0.3 is 9.80 Å². The molecule has 67 heavy (non-hydrogen) atoms. The van der Waals surface area contributed by atoms with Crippen LogP contribution in [-0.2, 0) is 0 Å². The van der Waals surface area contributed by atoms with E-state index < -0.39 is 0 Å². The number of hydrogen-bond donors (Lipinski definition) is 0. The van der Waals surface area contributed by atoms with Gasteiger partial charge in [0.15, 0.2) is 0 Å².